The molecule has 136 valence electrons. The topological polar surface area (TPSA) is 27.7 Å². The Balaban J connectivity index is 1.53. The average Bonchev–Trinajstić information content (AvgIpc) is 3.36. The summed E-state index contributed by atoms with van der Waals surface area (Å²) in [6.07, 6.45) is 6.05. The van der Waals surface area contributed by atoms with Crippen LogP contribution in [0.2, 0.25) is 0 Å². The lowest BCUT2D eigenvalue weighted by Crippen LogP contribution is -2.56. The summed E-state index contributed by atoms with van der Waals surface area (Å²) in [4.78, 5) is 0. The van der Waals surface area contributed by atoms with Crippen molar-refractivity contribution in [2.45, 2.75) is 38.1 Å². The molecule has 0 amide bonds. The SMILES string of the molecule is COc1cccc2c1C[C@@H]([N+]1(c3ccc4c(c3)OCO4)CCCC1)CC2. The first-order chi connectivity index (χ1) is 12.8. The third-order valence-corrected chi connectivity index (χ3v) is 6.57. The van der Waals surface area contributed by atoms with E-state index in [-0.39, 0.29) is 0 Å². The third-order valence-electron chi connectivity index (χ3n) is 6.57. The van der Waals surface area contributed by atoms with Gasteiger partial charge in [-0.15, -0.1) is 0 Å². The van der Waals surface area contributed by atoms with Crippen molar-refractivity contribution in [1.29, 1.82) is 0 Å². The van der Waals surface area contributed by atoms with E-state index in [2.05, 4.69) is 36.4 Å². The minimum atomic E-state index is 0.340. The van der Waals surface area contributed by atoms with Crippen LogP contribution in [0, 0.1) is 0 Å². The zero-order valence-corrected chi connectivity index (χ0v) is 15.4. The fraction of sp³-hybridized carbons (Fsp3) is 0.455. The standard InChI is InChI=1S/C22H26NO3/c1-24-20-6-4-5-16-7-8-17(13-19(16)20)23(11-2-3-12-23)18-9-10-21-22(14-18)26-15-25-21/h4-6,9-10,14,17H,2-3,7-8,11-13,15H2,1H3/q+1/t17-/m0/s1. The van der Waals surface area contributed by atoms with Crippen LogP contribution in [0.4, 0.5) is 5.69 Å². The summed E-state index contributed by atoms with van der Waals surface area (Å²) >= 11 is 0. The van der Waals surface area contributed by atoms with Crippen molar-refractivity contribution in [1.82, 2.24) is 4.48 Å². The number of likely N-dealkylation sites (tertiary alicyclic amines) is 1. The van der Waals surface area contributed by atoms with Crippen molar-refractivity contribution in [2.75, 3.05) is 27.0 Å². The van der Waals surface area contributed by atoms with Crippen molar-refractivity contribution in [3.8, 4) is 17.2 Å². The molecule has 1 aliphatic carbocycles. The van der Waals surface area contributed by atoms with Gasteiger partial charge >= 0.3 is 0 Å². The van der Waals surface area contributed by atoms with E-state index < -0.39 is 0 Å². The van der Waals surface area contributed by atoms with Crippen molar-refractivity contribution in [2.24, 2.45) is 0 Å². The molecule has 0 unspecified atom stereocenters. The van der Waals surface area contributed by atoms with Crippen LogP contribution in [-0.4, -0.2) is 33.0 Å². The number of hydrogen-bond donors (Lipinski definition) is 0. The van der Waals surface area contributed by atoms with Crippen LogP contribution in [-0.2, 0) is 12.8 Å². The molecule has 2 aromatic carbocycles. The normalized spacial score (nSPS) is 22.9. The number of rotatable bonds is 3. The van der Waals surface area contributed by atoms with E-state index in [9.17, 15) is 0 Å². The van der Waals surface area contributed by atoms with Gasteiger partial charge in [0.2, 0.25) is 6.79 Å². The van der Waals surface area contributed by atoms with E-state index in [1.807, 2.05) is 0 Å². The highest BCUT2D eigenvalue weighted by molar-refractivity contribution is 5.56. The molecule has 1 atom stereocenters. The van der Waals surface area contributed by atoms with Crippen molar-refractivity contribution in [3.63, 3.8) is 0 Å². The molecule has 0 bridgehead atoms. The fourth-order valence-corrected chi connectivity index (χ4v) is 5.25. The maximum absolute atomic E-state index is 5.68. The predicted octanol–water partition coefficient (Wildman–Crippen LogP) is 4.08. The molecule has 0 radical (unpaired) electrons. The molecule has 0 saturated carbocycles. The molecule has 1 fully saturated rings. The first kappa shape index (κ1) is 16.0. The van der Waals surface area contributed by atoms with E-state index in [1.165, 1.54) is 49.2 Å². The molecule has 1 saturated heterocycles. The molecule has 2 heterocycles. The molecule has 26 heavy (non-hydrogen) atoms. The number of fused-ring (bicyclic) bond motifs is 2. The fourth-order valence-electron chi connectivity index (χ4n) is 5.25. The number of aryl methyl sites for hydroxylation is 1. The Bertz CT molecular complexity index is 812. The first-order valence-corrected chi connectivity index (χ1v) is 9.72. The Labute approximate surface area is 154 Å². The van der Waals surface area contributed by atoms with Gasteiger partial charge in [0.1, 0.15) is 11.4 Å². The van der Waals surface area contributed by atoms with Gasteiger partial charge in [-0.25, -0.2) is 0 Å². The van der Waals surface area contributed by atoms with Gasteiger partial charge in [-0.3, -0.25) is 4.48 Å². The lowest BCUT2D eigenvalue weighted by molar-refractivity contribution is 0.173. The summed E-state index contributed by atoms with van der Waals surface area (Å²) < 4.78 is 18.0. The van der Waals surface area contributed by atoms with Gasteiger partial charge in [-0.05, 0) is 24.1 Å². The predicted molar refractivity (Wildman–Crippen MR) is 102 cm³/mol. The molecule has 0 N–H and O–H groups in total. The van der Waals surface area contributed by atoms with Gasteiger partial charge in [-0.1, -0.05) is 12.1 Å². The molecule has 2 aromatic rings. The Morgan fingerprint density at radius 3 is 2.73 bits per heavy atom. The van der Waals surface area contributed by atoms with Crippen LogP contribution < -0.4 is 18.7 Å². The first-order valence-electron chi connectivity index (χ1n) is 9.72. The molecular weight excluding hydrogens is 326 g/mol. The van der Waals surface area contributed by atoms with Gasteiger partial charge in [0, 0.05) is 43.4 Å². The highest BCUT2D eigenvalue weighted by Gasteiger charge is 2.44. The maximum atomic E-state index is 5.68. The minimum absolute atomic E-state index is 0.340. The number of ether oxygens (including phenoxy) is 3. The van der Waals surface area contributed by atoms with Crippen LogP contribution in [0.3, 0.4) is 0 Å². The highest BCUT2D eigenvalue weighted by Crippen LogP contribution is 2.43. The molecule has 3 aliphatic rings. The van der Waals surface area contributed by atoms with Crippen molar-refractivity contribution in [3.05, 3.63) is 47.5 Å². The van der Waals surface area contributed by atoms with Crippen LogP contribution in [0.1, 0.15) is 30.4 Å². The van der Waals surface area contributed by atoms with Gasteiger partial charge in [-0.2, -0.15) is 0 Å². The smallest absolute Gasteiger partial charge is 0.231 e. The molecule has 0 aromatic heterocycles. The molecule has 5 rings (SSSR count). The number of benzene rings is 2. The quantitative estimate of drug-likeness (QED) is 0.779. The second kappa shape index (κ2) is 6.20. The van der Waals surface area contributed by atoms with Crippen molar-refractivity contribution < 1.29 is 14.2 Å². The van der Waals surface area contributed by atoms with E-state index in [4.69, 9.17) is 14.2 Å². The van der Waals surface area contributed by atoms with E-state index in [0.717, 1.165) is 34.6 Å². The van der Waals surface area contributed by atoms with E-state index in [1.54, 1.807) is 7.11 Å². The monoisotopic (exact) mass is 352 g/mol. The molecule has 4 nitrogen and oxygen atoms in total. The number of nitrogens with zero attached hydrogens (tertiary/aromatic N) is 1. The van der Waals surface area contributed by atoms with Crippen molar-refractivity contribution >= 4 is 5.69 Å². The summed E-state index contributed by atoms with van der Waals surface area (Å²) in [5.74, 6) is 2.83. The van der Waals surface area contributed by atoms with Crippen LogP contribution in [0.25, 0.3) is 0 Å². The summed E-state index contributed by atoms with van der Waals surface area (Å²) in [6, 6.07) is 13.7. The van der Waals surface area contributed by atoms with Gasteiger partial charge in [0.25, 0.3) is 0 Å². The highest BCUT2D eigenvalue weighted by atomic mass is 16.7. The summed E-state index contributed by atoms with van der Waals surface area (Å²) in [6.45, 7) is 2.77. The minimum Gasteiger partial charge on any atom is -0.496 e. The Morgan fingerprint density at radius 1 is 1.04 bits per heavy atom. The van der Waals surface area contributed by atoms with Gasteiger partial charge < -0.3 is 14.2 Å². The Morgan fingerprint density at radius 2 is 1.88 bits per heavy atom. The maximum Gasteiger partial charge on any atom is 0.231 e. The molecular formula is C22H26NO3+. The van der Waals surface area contributed by atoms with Crippen LogP contribution in [0.5, 0.6) is 17.2 Å². The van der Waals surface area contributed by atoms with Gasteiger partial charge in [0.15, 0.2) is 11.5 Å². The Kier molecular flexibility index (Phi) is 3.82. The second-order valence-electron chi connectivity index (χ2n) is 7.72. The van der Waals surface area contributed by atoms with Crippen LogP contribution in [0.15, 0.2) is 36.4 Å². The summed E-state index contributed by atoms with van der Waals surface area (Å²) in [5.41, 5.74) is 4.26. The number of methoxy groups -OCH3 is 1. The number of quaternary nitrogens is 1. The molecule has 4 heteroatoms. The Hall–Kier alpha value is -2.20. The van der Waals surface area contributed by atoms with Crippen LogP contribution >= 0.6 is 0 Å². The van der Waals surface area contributed by atoms with E-state index in [0.29, 0.717) is 12.8 Å². The second-order valence-corrected chi connectivity index (χ2v) is 7.72. The van der Waals surface area contributed by atoms with Gasteiger partial charge in [0.05, 0.1) is 26.2 Å². The molecule has 0 spiro atoms. The van der Waals surface area contributed by atoms with E-state index >= 15 is 0 Å². The largest absolute Gasteiger partial charge is 0.496 e. The molecule has 2 aliphatic heterocycles. The number of hydrogen-bond acceptors (Lipinski definition) is 3. The lowest BCUT2D eigenvalue weighted by atomic mass is 9.85. The lowest BCUT2D eigenvalue weighted by Gasteiger charge is -2.43. The summed E-state index contributed by atoms with van der Waals surface area (Å²) in [5, 5.41) is 0. The third kappa shape index (κ3) is 2.39. The summed E-state index contributed by atoms with van der Waals surface area (Å²) in [7, 11) is 1.79. The average molecular weight is 352 g/mol. The zero-order valence-electron chi connectivity index (χ0n) is 15.4. The zero-order chi connectivity index (χ0) is 17.6.